The first kappa shape index (κ1) is 9.46. The Bertz CT molecular complexity index is 340. The van der Waals surface area contributed by atoms with Crippen molar-refractivity contribution in [2.75, 3.05) is 5.32 Å². The maximum absolute atomic E-state index is 13.1. The molecule has 76 valence electrons. The Kier molecular flexibility index (Phi) is 2.42. The summed E-state index contributed by atoms with van der Waals surface area (Å²) in [6.07, 6.45) is 1.52. The summed E-state index contributed by atoms with van der Waals surface area (Å²) in [5.74, 6) is -0.205. The number of halogens is 1. The molecular formula is C11H14FNO. The van der Waals surface area contributed by atoms with E-state index in [0.29, 0.717) is 5.56 Å². The van der Waals surface area contributed by atoms with E-state index in [9.17, 15) is 9.50 Å². The monoisotopic (exact) mass is 195 g/mol. The first-order chi connectivity index (χ1) is 6.66. The summed E-state index contributed by atoms with van der Waals surface area (Å²) in [5.41, 5.74) is 1.39. The third-order valence-electron chi connectivity index (χ3n) is 2.76. The van der Waals surface area contributed by atoms with Crippen molar-refractivity contribution >= 4 is 5.69 Å². The van der Waals surface area contributed by atoms with Crippen molar-refractivity contribution in [3.05, 3.63) is 29.6 Å². The van der Waals surface area contributed by atoms with Gasteiger partial charge in [0.2, 0.25) is 0 Å². The summed E-state index contributed by atoms with van der Waals surface area (Å²) in [7, 11) is 0. The zero-order valence-corrected chi connectivity index (χ0v) is 8.13. The van der Waals surface area contributed by atoms with E-state index < -0.39 is 0 Å². The molecule has 0 bridgehead atoms. The SMILES string of the molecule is Cc1ccc(NC2CCC2O)cc1F. The molecule has 0 aliphatic heterocycles. The van der Waals surface area contributed by atoms with E-state index in [1.54, 1.807) is 13.0 Å². The van der Waals surface area contributed by atoms with Gasteiger partial charge in [0.1, 0.15) is 5.82 Å². The van der Waals surface area contributed by atoms with E-state index in [2.05, 4.69) is 5.32 Å². The number of hydrogen-bond donors (Lipinski definition) is 2. The zero-order chi connectivity index (χ0) is 10.1. The Hall–Kier alpha value is -1.09. The van der Waals surface area contributed by atoms with Gasteiger partial charge in [-0.25, -0.2) is 4.39 Å². The van der Waals surface area contributed by atoms with Crippen molar-refractivity contribution in [3.63, 3.8) is 0 Å². The molecule has 2 atom stereocenters. The van der Waals surface area contributed by atoms with Gasteiger partial charge in [-0.2, -0.15) is 0 Å². The molecule has 14 heavy (non-hydrogen) atoms. The van der Waals surface area contributed by atoms with Gasteiger partial charge in [0.25, 0.3) is 0 Å². The minimum Gasteiger partial charge on any atom is -0.391 e. The van der Waals surface area contributed by atoms with Crippen LogP contribution in [0, 0.1) is 12.7 Å². The van der Waals surface area contributed by atoms with Gasteiger partial charge in [0.15, 0.2) is 0 Å². The van der Waals surface area contributed by atoms with Crippen LogP contribution < -0.4 is 5.32 Å². The molecule has 2 unspecified atom stereocenters. The minimum atomic E-state index is -0.278. The summed E-state index contributed by atoms with van der Waals surface area (Å²) >= 11 is 0. The molecule has 1 aliphatic carbocycles. The van der Waals surface area contributed by atoms with Crippen molar-refractivity contribution in [1.82, 2.24) is 0 Å². The predicted octanol–water partition coefficient (Wildman–Crippen LogP) is 2.07. The lowest BCUT2D eigenvalue weighted by molar-refractivity contribution is 0.0786. The highest BCUT2D eigenvalue weighted by Gasteiger charge is 2.28. The van der Waals surface area contributed by atoms with Crippen LogP contribution in [0.5, 0.6) is 0 Å². The second-order valence-corrected chi connectivity index (χ2v) is 3.86. The summed E-state index contributed by atoms with van der Waals surface area (Å²) < 4.78 is 13.1. The molecule has 1 aromatic carbocycles. The van der Waals surface area contributed by atoms with Gasteiger partial charge >= 0.3 is 0 Å². The summed E-state index contributed by atoms with van der Waals surface area (Å²) in [6.45, 7) is 1.73. The van der Waals surface area contributed by atoms with Crippen LogP contribution in [0.3, 0.4) is 0 Å². The van der Waals surface area contributed by atoms with Crippen molar-refractivity contribution in [2.24, 2.45) is 0 Å². The van der Waals surface area contributed by atoms with Crippen molar-refractivity contribution in [1.29, 1.82) is 0 Å². The molecule has 1 saturated carbocycles. The van der Waals surface area contributed by atoms with Gasteiger partial charge in [0.05, 0.1) is 12.1 Å². The van der Waals surface area contributed by atoms with Gasteiger partial charge in [-0.15, -0.1) is 0 Å². The van der Waals surface area contributed by atoms with Crippen molar-refractivity contribution in [2.45, 2.75) is 31.9 Å². The molecular weight excluding hydrogens is 181 g/mol. The standard InChI is InChI=1S/C11H14FNO/c1-7-2-3-8(6-9(7)12)13-10-4-5-11(10)14/h2-3,6,10-11,13-14H,4-5H2,1H3. The highest BCUT2D eigenvalue weighted by molar-refractivity contribution is 5.46. The van der Waals surface area contributed by atoms with E-state index in [-0.39, 0.29) is 18.0 Å². The molecule has 2 rings (SSSR count). The molecule has 0 saturated heterocycles. The number of anilines is 1. The minimum absolute atomic E-state index is 0.0945. The first-order valence-electron chi connectivity index (χ1n) is 4.87. The smallest absolute Gasteiger partial charge is 0.128 e. The quantitative estimate of drug-likeness (QED) is 0.757. The fourth-order valence-electron chi connectivity index (χ4n) is 1.55. The maximum Gasteiger partial charge on any atom is 0.128 e. The molecule has 1 fully saturated rings. The first-order valence-corrected chi connectivity index (χ1v) is 4.87. The maximum atomic E-state index is 13.1. The molecule has 0 aromatic heterocycles. The van der Waals surface area contributed by atoms with Crippen LogP contribution in [0.4, 0.5) is 10.1 Å². The van der Waals surface area contributed by atoms with Crippen LogP contribution in [0.1, 0.15) is 18.4 Å². The lowest BCUT2D eigenvalue weighted by Crippen LogP contribution is -2.42. The molecule has 0 radical (unpaired) electrons. The van der Waals surface area contributed by atoms with Crippen molar-refractivity contribution in [3.8, 4) is 0 Å². The fraction of sp³-hybridized carbons (Fsp3) is 0.455. The number of hydrogen-bond acceptors (Lipinski definition) is 2. The van der Waals surface area contributed by atoms with Gasteiger partial charge in [-0.3, -0.25) is 0 Å². The number of rotatable bonds is 2. The Balaban J connectivity index is 2.06. The summed E-state index contributed by atoms with van der Waals surface area (Å²) in [4.78, 5) is 0. The molecule has 0 amide bonds. The van der Waals surface area contributed by atoms with Crippen LogP contribution in [0.15, 0.2) is 18.2 Å². The average molecular weight is 195 g/mol. The van der Waals surface area contributed by atoms with Crippen LogP contribution in [0.2, 0.25) is 0 Å². The summed E-state index contributed by atoms with van der Waals surface area (Å²) in [5, 5.41) is 12.4. The summed E-state index contributed by atoms with van der Waals surface area (Å²) in [6, 6.07) is 5.14. The molecule has 0 spiro atoms. The average Bonchev–Trinajstić information content (AvgIpc) is 2.17. The van der Waals surface area contributed by atoms with E-state index in [1.807, 2.05) is 6.07 Å². The molecule has 2 nitrogen and oxygen atoms in total. The van der Waals surface area contributed by atoms with E-state index >= 15 is 0 Å². The highest BCUT2D eigenvalue weighted by atomic mass is 19.1. The van der Waals surface area contributed by atoms with Crippen molar-refractivity contribution < 1.29 is 9.50 Å². The van der Waals surface area contributed by atoms with Crippen LogP contribution in [-0.4, -0.2) is 17.3 Å². The fourth-order valence-corrected chi connectivity index (χ4v) is 1.55. The van der Waals surface area contributed by atoms with Crippen LogP contribution in [0.25, 0.3) is 0 Å². The number of nitrogens with one attached hydrogen (secondary N) is 1. The Morgan fingerprint density at radius 2 is 2.21 bits per heavy atom. The topological polar surface area (TPSA) is 32.3 Å². The van der Waals surface area contributed by atoms with Gasteiger partial charge in [0, 0.05) is 5.69 Å². The van der Waals surface area contributed by atoms with E-state index in [1.165, 1.54) is 6.07 Å². The van der Waals surface area contributed by atoms with Gasteiger partial charge < -0.3 is 10.4 Å². The third kappa shape index (κ3) is 1.73. The van der Waals surface area contributed by atoms with Gasteiger partial charge in [-0.05, 0) is 37.5 Å². The Morgan fingerprint density at radius 3 is 2.71 bits per heavy atom. The number of aliphatic hydroxyl groups is 1. The largest absolute Gasteiger partial charge is 0.391 e. The normalized spacial score (nSPS) is 25.6. The second-order valence-electron chi connectivity index (χ2n) is 3.86. The predicted molar refractivity (Wildman–Crippen MR) is 53.8 cm³/mol. The number of aliphatic hydroxyl groups excluding tert-OH is 1. The third-order valence-corrected chi connectivity index (χ3v) is 2.76. The molecule has 3 heteroatoms. The van der Waals surface area contributed by atoms with Crippen LogP contribution in [-0.2, 0) is 0 Å². The molecule has 1 aromatic rings. The van der Waals surface area contributed by atoms with Crippen LogP contribution >= 0.6 is 0 Å². The Morgan fingerprint density at radius 1 is 1.43 bits per heavy atom. The lowest BCUT2D eigenvalue weighted by atomic mass is 9.89. The molecule has 2 N–H and O–H groups in total. The number of benzene rings is 1. The molecule has 0 heterocycles. The van der Waals surface area contributed by atoms with Gasteiger partial charge in [-0.1, -0.05) is 6.07 Å². The second kappa shape index (κ2) is 3.58. The van der Waals surface area contributed by atoms with E-state index in [4.69, 9.17) is 0 Å². The number of aryl methyl sites for hydroxylation is 1. The Labute approximate surface area is 82.8 Å². The zero-order valence-electron chi connectivity index (χ0n) is 8.13. The lowest BCUT2D eigenvalue weighted by Gasteiger charge is -2.33. The highest BCUT2D eigenvalue weighted by Crippen LogP contribution is 2.24. The van der Waals surface area contributed by atoms with E-state index in [0.717, 1.165) is 18.5 Å². The molecule has 1 aliphatic rings.